The number of rotatable bonds is 2. The molecule has 74 valence electrons. The van der Waals surface area contributed by atoms with E-state index in [0.717, 1.165) is 0 Å². The Kier molecular flexibility index (Phi) is 2.05. The van der Waals surface area contributed by atoms with E-state index in [4.69, 9.17) is 0 Å². The Balaban J connectivity index is 2.33. The van der Waals surface area contributed by atoms with Crippen molar-refractivity contribution >= 4 is 0 Å². The van der Waals surface area contributed by atoms with Crippen LogP contribution in [0.4, 0.5) is 0 Å². The van der Waals surface area contributed by atoms with E-state index in [2.05, 4.69) is 20.3 Å². The summed E-state index contributed by atoms with van der Waals surface area (Å²) in [5.41, 5.74) is 0.690. The van der Waals surface area contributed by atoms with Gasteiger partial charge in [0.15, 0.2) is 5.82 Å². The molecule has 0 aromatic carbocycles. The maximum Gasteiger partial charge on any atom is 0.201 e. The van der Waals surface area contributed by atoms with E-state index in [1.807, 2.05) is 19.3 Å². The van der Waals surface area contributed by atoms with Gasteiger partial charge in [0.2, 0.25) is 5.82 Å². The van der Waals surface area contributed by atoms with Gasteiger partial charge in [0.25, 0.3) is 0 Å². The van der Waals surface area contributed by atoms with Crippen LogP contribution in [-0.2, 0) is 7.05 Å². The molecule has 2 N–H and O–H groups in total. The van der Waals surface area contributed by atoms with Crippen molar-refractivity contribution in [1.29, 1.82) is 0 Å². The Morgan fingerprint density at radius 2 is 2.36 bits per heavy atom. The second kappa shape index (κ2) is 3.22. The number of aryl methyl sites for hydroxylation is 1. The molecule has 0 aliphatic heterocycles. The molecule has 0 radical (unpaired) electrons. The molecule has 1 atom stereocenters. The Morgan fingerprint density at radius 3 is 2.86 bits per heavy atom. The SMILES string of the molecule is CC(O)c1nc(-c2ccn(C)n2)n[nH]1. The topological polar surface area (TPSA) is 79.6 Å². The number of H-pyrrole nitrogens is 1. The maximum absolute atomic E-state index is 9.23. The van der Waals surface area contributed by atoms with E-state index >= 15 is 0 Å². The normalized spacial score (nSPS) is 13.1. The van der Waals surface area contributed by atoms with Gasteiger partial charge in [-0.2, -0.15) is 10.2 Å². The van der Waals surface area contributed by atoms with Crippen molar-refractivity contribution in [3.05, 3.63) is 18.1 Å². The third-order valence-electron chi connectivity index (χ3n) is 1.84. The Labute approximate surface area is 80.6 Å². The number of hydrogen-bond acceptors (Lipinski definition) is 4. The summed E-state index contributed by atoms with van der Waals surface area (Å²) in [5, 5.41) is 20.0. The average molecular weight is 193 g/mol. The molecule has 2 rings (SSSR count). The van der Waals surface area contributed by atoms with E-state index in [1.54, 1.807) is 11.6 Å². The lowest BCUT2D eigenvalue weighted by Crippen LogP contribution is -1.93. The summed E-state index contributed by atoms with van der Waals surface area (Å²) in [5.74, 6) is 0.951. The first-order valence-electron chi connectivity index (χ1n) is 4.27. The van der Waals surface area contributed by atoms with Gasteiger partial charge in [0, 0.05) is 13.2 Å². The molecule has 6 nitrogen and oxygen atoms in total. The Bertz CT molecular complexity index is 430. The third-order valence-corrected chi connectivity index (χ3v) is 1.84. The van der Waals surface area contributed by atoms with Crippen molar-refractivity contribution in [2.24, 2.45) is 7.05 Å². The van der Waals surface area contributed by atoms with Crippen LogP contribution >= 0.6 is 0 Å². The van der Waals surface area contributed by atoms with E-state index in [-0.39, 0.29) is 0 Å². The Hall–Kier alpha value is -1.69. The summed E-state index contributed by atoms with van der Waals surface area (Å²) >= 11 is 0. The second-order valence-corrected chi connectivity index (χ2v) is 3.09. The lowest BCUT2D eigenvalue weighted by Gasteiger charge is -1.94. The predicted molar refractivity (Wildman–Crippen MR) is 49.2 cm³/mol. The standard InChI is InChI=1S/C8H11N5O/c1-5(14)7-9-8(11-10-7)6-3-4-13(2)12-6/h3-5,14H,1-2H3,(H,9,10,11). The van der Waals surface area contributed by atoms with Gasteiger partial charge in [-0.1, -0.05) is 0 Å². The molecular weight excluding hydrogens is 182 g/mol. The summed E-state index contributed by atoms with van der Waals surface area (Å²) in [4.78, 5) is 4.10. The molecule has 0 saturated carbocycles. The molecule has 0 spiro atoms. The van der Waals surface area contributed by atoms with Crippen LogP contribution < -0.4 is 0 Å². The minimum atomic E-state index is -0.639. The fourth-order valence-electron chi connectivity index (χ4n) is 1.11. The molecule has 0 saturated heterocycles. The van der Waals surface area contributed by atoms with Gasteiger partial charge in [0.05, 0.1) is 0 Å². The molecular formula is C8H11N5O. The van der Waals surface area contributed by atoms with Crippen molar-refractivity contribution in [3.8, 4) is 11.5 Å². The Morgan fingerprint density at radius 1 is 1.57 bits per heavy atom. The molecule has 2 aromatic rings. The first kappa shape index (κ1) is 8.89. The zero-order chi connectivity index (χ0) is 10.1. The molecule has 6 heteroatoms. The molecule has 0 aliphatic carbocycles. The van der Waals surface area contributed by atoms with E-state index < -0.39 is 6.10 Å². The zero-order valence-electron chi connectivity index (χ0n) is 7.97. The van der Waals surface area contributed by atoms with Gasteiger partial charge in [-0.15, -0.1) is 0 Å². The molecule has 0 aliphatic rings. The van der Waals surface area contributed by atoms with Gasteiger partial charge in [-0.3, -0.25) is 9.78 Å². The van der Waals surface area contributed by atoms with Crippen LogP contribution in [0.25, 0.3) is 11.5 Å². The molecule has 0 bridgehead atoms. The average Bonchev–Trinajstić information content (AvgIpc) is 2.70. The molecule has 2 aromatic heterocycles. The smallest absolute Gasteiger partial charge is 0.201 e. The molecule has 14 heavy (non-hydrogen) atoms. The summed E-state index contributed by atoms with van der Waals surface area (Å²) in [6.45, 7) is 1.63. The lowest BCUT2D eigenvalue weighted by atomic mass is 10.4. The van der Waals surface area contributed by atoms with Gasteiger partial charge < -0.3 is 5.11 Å². The van der Waals surface area contributed by atoms with E-state index in [9.17, 15) is 5.11 Å². The van der Waals surface area contributed by atoms with Crippen LogP contribution in [-0.4, -0.2) is 30.1 Å². The predicted octanol–water partition coefficient (Wildman–Crippen LogP) is 0.258. The highest BCUT2D eigenvalue weighted by atomic mass is 16.3. The summed E-state index contributed by atoms with van der Waals surface area (Å²) in [7, 11) is 1.83. The fourth-order valence-corrected chi connectivity index (χ4v) is 1.11. The minimum Gasteiger partial charge on any atom is -0.385 e. The quantitative estimate of drug-likeness (QED) is 0.716. The highest BCUT2D eigenvalue weighted by Crippen LogP contribution is 2.13. The van der Waals surface area contributed by atoms with Crippen molar-refractivity contribution in [2.45, 2.75) is 13.0 Å². The van der Waals surface area contributed by atoms with Gasteiger partial charge in [-0.25, -0.2) is 4.98 Å². The number of aliphatic hydroxyl groups excluding tert-OH is 1. The number of aliphatic hydroxyl groups is 1. The third kappa shape index (κ3) is 1.51. The maximum atomic E-state index is 9.23. The largest absolute Gasteiger partial charge is 0.385 e. The highest BCUT2D eigenvalue weighted by molar-refractivity contribution is 5.47. The number of hydrogen-bond donors (Lipinski definition) is 2. The first-order chi connectivity index (χ1) is 6.66. The summed E-state index contributed by atoms with van der Waals surface area (Å²) in [6, 6.07) is 1.81. The molecule has 2 heterocycles. The molecule has 0 fully saturated rings. The number of aromatic amines is 1. The van der Waals surface area contributed by atoms with Crippen LogP contribution in [0.2, 0.25) is 0 Å². The number of aromatic nitrogens is 5. The monoisotopic (exact) mass is 193 g/mol. The van der Waals surface area contributed by atoms with Crippen LogP contribution in [0, 0.1) is 0 Å². The number of nitrogens with zero attached hydrogens (tertiary/aromatic N) is 4. The highest BCUT2D eigenvalue weighted by Gasteiger charge is 2.10. The van der Waals surface area contributed by atoms with Crippen LogP contribution in [0.3, 0.4) is 0 Å². The lowest BCUT2D eigenvalue weighted by molar-refractivity contribution is 0.189. The van der Waals surface area contributed by atoms with E-state index in [0.29, 0.717) is 17.3 Å². The molecule has 1 unspecified atom stereocenters. The fraction of sp³-hybridized carbons (Fsp3) is 0.375. The van der Waals surface area contributed by atoms with E-state index in [1.165, 1.54) is 0 Å². The van der Waals surface area contributed by atoms with Gasteiger partial charge in [-0.05, 0) is 13.0 Å². The minimum absolute atomic E-state index is 0.450. The van der Waals surface area contributed by atoms with Gasteiger partial charge in [0.1, 0.15) is 11.8 Å². The first-order valence-corrected chi connectivity index (χ1v) is 4.27. The van der Waals surface area contributed by atoms with Crippen LogP contribution in [0.5, 0.6) is 0 Å². The van der Waals surface area contributed by atoms with Crippen molar-refractivity contribution in [1.82, 2.24) is 25.0 Å². The molecule has 0 amide bonds. The number of nitrogens with one attached hydrogen (secondary N) is 1. The van der Waals surface area contributed by atoms with Crippen LogP contribution in [0.15, 0.2) is 12.3 Å². The van der Waals surface area contributed by atoms with Crippen molar-refractivity contribution in [2.75, 3.05) is 0 Å². The summed E-state index contributed by atoms with van der Waals surface area (Å²) in [6.07, 6.45) is 1.17. The zero-order valence-corrected chi connectivity index (χ0v) is 7.97. The van der Waals surface area contributed by atoms with Crippen molar-refractivity contribution in [3.63, 3.8) is 0 Å². The van der Waals surface area contributed by atoms with Crippen molar-refractivity contribution < 1.29 is 5.11 Å². The summed E-state index contributed by atoms with van der Waals surface area (Å²) < 4.78 is 1.67. The van der Waals surface area contributed by atoms with Crippen LogP contribution in [0.1, 0.15) is 18.9 Å². The second-order valence-electron chi connectivity index (χ2n) is 3.09. The van der Waals surface area contributed by atoms with Gasteiger partial charge >= 0.3 is 0 Å².